The molecule has 0 aliphatic rings. The summed E-state index contributed by atoms with van der Waals surface area (Å²) in [5.41, 5.74) is 0.721. The number of amides is 1. The SMILES string of the molecule is COCC(O)CNC(=O)c1ccc(C)c(F)c1. The van der Waals surface area contributed by atoms with Gasteiger partial charge in [-0.2, -0.15) is 0 Å². The Morgan fingerprint density at radius 1 is 1.59 bits per heavy atom. The van der Waals surface area contributed by atoms with E-state index in [-0.39, 0.29) is 18.7 Å². The molecule has 0 aliphatic heterocycles. The molecule has 0 aliphatic carbocycles. The molecular weight excluding hydrogens is 225 g/mol. The maximum absolute atomic E-state index is 13.2. The highest BCUT2D eigenvalue weighted by Gasteiger charge is 2.10. The van der Waals surface area contributed by atoms with Crippen molar-refractivity contribution in [2.24, 2.45) is 0 Å². The largest absolute Gasteiger partial charge is 0.389 e. The van der Waals surface area contributed by atoms with E-state index in [0.717, 1.165) is 0 Å². The monoisotopic (exact) mass is 241 g/mol. The van der Waals surface area contributed by atoms with Gasteiger partial charge in [-0.25, -0.2) is 4.39 Å². The molecule has 1 aromatic rings. The lowest BCUT2D eigenvalue weighted by Gasteiger charge is -2.11. The first-order valence-electron chi connectivity index (χ1n) is 5.26. The van der Waals surface area contributed by atoms with Crippen LogP contribution in [0.2, 0.25) is 0 Å². The van der Waals surface area contributed by atoms with Crippen molar-refractivity contribution in [1.29, 1.82) is 0 Å². The van der Waals surface area contributed by atoms with Gasteiger partial charge in [-0.15, -0.1) is 0 Å². The molecule has 1 amide bonds. The summed E-state index contributed by atoms with van der Waals surface area (Å²) >= 11 is 0. The first kappa shape index (κ1) is 13.6. The van der Waals surface area contributed by atoms with Crippen LogP contribution in [0.5, 0.6) is 0 Å². The molecule has 1 unspecified atom stereocenters. The van der Waals surface area contributed by atoms with Crippen LogP contribution in [-0.4, -0.2) is 37.4 Å². The van der Waals surface area contributed by atoms with E-state index in [2.05, 4.69) is 5.32 Å². The third kappa shape index (κ3) is 4.13. The molecule has 94 valence electrons. The van der Waals surface area contributed by atoms with Crippen molar-refractivity contribution in [3.05, 3.63) is 35.1 Å². The molecule has 1 aromatic carbocycles. The maximum atomic E-state index is 13.2. The number of aryl methyl sites for hydroxylation is 1. The van der Waals surface area contributed by atoms with Crippen molar-refractivity contribution in [2.45, 2.75) is 13.0 Å². The summed E-state index contributed by atoms with van der Waals surface area (Å²) in [6.07, 6.45) is -0.765. The van der Waals surface area contributed by atoms with E-state index in [1.807, 2.05) is 0 Å². The molecule has 0 heterocycles. The fraction of sp³-hybridized carbons (Fsp3) is 0.417. The number of ether oxygens (including phenoxy) is 1. The second-order valence-electron chi connectivity index (χ2n) is 3.78. The van der Waals surface area contributed by atoms with Crippen LogP contribution in [0.4, 0.5) is 4.39 Å². The molecule has 0 radical (unpaired) electrons. The Hall–Kier alpha value is -1.46. The summed E-state index contributed by atoms with van der Waals surface area (Å²) in [7, 11) is 1.46. The fourth-order valence-electron chi connectivity index (χ4n) is 1.30. The van der Waals surface area contributed by atoms with E-state index in [4.69, 9.17) is 4.74 Å². The molecule has 0 aromatic heterocycles. The van der Waals surface area contributed by atoms with Crippen molar-refractivity contribution >= 4 is 5.91 Å². The summed E-state index contributed by atoms with van der Waals surface area (Å²) in [6.45, 7) is 1.84. The number of aliphatic hydroxyl groups excluding tert-OH is 1. The second-order valence-corrected chi connectivity index (χ2v) is 3.78. The summed E-state index contributed by atoms with van der Waals surface area (Å²) in [6, 6.07) is 4.25. The summed E-state index contributed by atoms with van der Waals surface area (Å²) in [4.78, 5) is 11.6. The predicted octanol–water partition coefficient (Wildman–Crippen LogP) is 0.871. The Balaban J connectivity index is 2.55. The lowest BCUT2D eigenvalue weighted by Crippen LogP contribution is -2.34. The van der Waals surface area contributed by atoms with Crippen LogP contribution in [0.1, 0.15) is 15.9 Å². The highest BCUT2D eigenvalue weighted by atomic mass is 19.1. The average Bonchev–Trinajstić information content (AvgIpc) is 2.30. The number of benzene rings is 1. The summed E-state index contributed by atoms with van der Waals surface area (Å²) in [5.74, 6) is -0.839. The van der Waals surface area contributed by atoms with Crippen LogP contribution < -0.4 is 5.32 Å². The maximum Gasteiger partial charge on any atom is 0.251 e. The van der Waals surface area contributed by atoms with Gasteiger partial charge < -0.3 is 15.2 Å². The molecule has 0 bridgehead atoms. The smallest absolute Gasteiger partial charge is 0.251 e. The van der Waals surface area contributed by atoms with Crippen molar-refractivity contribution in [3.8, 4) is 0 Å². The number of aliphatic hydroxyl groups is 1. The first-order chi connectivity index (χ1) is 8.04. The van der Waals surface area contributed by atoms with Gasteiger partial charge in [-0.05, 0) is 24.6 Å². The van der Waals surface area contributed by atoms with E-state index in [1.54, 1.807) is 6.92 Å². The summed E-state index contributed by atoms with van der Waals surface area (Å²) in [5, 5.41) is 11.8. The van der Waals surface area contributed by atoms with E-state index < -0.39 is 17.8 Å². The summed E-state index contributed by atoms with van der Waals surface area (Å²) < 4.78 is 17.9. The zero-order chi connectivity index (χ0) is 12.8. The number of hydrogen-bond donors (Lipinski definition) is 2. The van der Waals surface area contributed by atoms with Gasteiger partial charge in [-0.3, -0.25) is 4.79 Å². The van der Waals surface area contributed by atoms with Crippen molar-refractivity contribution < 1.29 is 19.0 Å². The Kier molecular flexibility index (Phi) is 5.06. The van der Waals surface area contributed by atoms with E-state index in [0.29, 0.717) is 5.56 Å². The number of rotatable bonds is 5. The molecule has 1 rings (SSSR count). The van der Waals surface area contributed by atoms with Crippen LogP contribution in [0.3, 0.4) is 0 Å². The molecule has 0 saturated heterocycles. The molecule has 5 heteroatoms. The van der Waals surface area contributed by atoms with Crippen LogP contribution in [-0.2, 0) is 4.74 Å². The van der Waals surface area contributed by atoms with Gasteiger partial charge in [0.2, 0.25) is 0 Å². The van der Waals surface area contributed by atoms with Gasteiger partial charge in [0.1, 0.15) is 5.82 Å². The number of methoxy groups -OCH3 is 1. The Morgan fingerprint density at radius 2 is 2.29 bits per heavy atom. The Bertz CT molecular complexity index is 395. The number of hydrogen-bond acceptors (Lipinski definition) is 3. The Morgan fingerprint density at radius 3 is 2.88 bits per heavy atom. The molecule has 1 atom stereocenters. The molecular formula is C12H16FNO3. The topological polar surface area (TPSA) is 58.6 Å². The third-order valence-electron chi connectivity index (χ3n) is 2.29. The van der Waals surface area contributed by atoms with E-state index >= 15 is 0 Å². The average molecular weight is 241 g/mol. The van der Waals surface area contributed by atoms with Crippen LogP contribution in [0.15, 0.2) is 18.2 Å². The second kappa shape index (κ2) is 6.32. The van der Waals surface area contributed by atoms with Gasteiger partial charge in [0.15, 0.2) is 0 Å². The predicted molar refractivity (Wildman–Crippen MR) is 61.4 cm³/mol. The lowest BCUT2D eigenvalue weighted by atomic mass is 10.1. The number of carbonyl (C=O) groups excluding carboxylic acids is 1. The molecule has 17 heavy (non-hydrogen) atoms. The normalized spacial score (nSPS) is 12.2. The van der Waals surface area contributed by atoms with E-state index in [9.17, 15) is 14.3 Å². The molecule has 0 spiro atoms. The van der Waals surface area contributed by atoms with Crippen molar-refractivity contribution in [3.63, 3.8) is 0 Å². The first-order valence-corrected chi connectivity index (χ1v) is 5.26. The highest BCUT2D eigenvalue weighted by Crippen LogP contribution is 2.08. The minimum Gasteiger partial charge on any atom is -0.389 e. The standard InChI is InChI=1S/C12H16FNO3/c1-8-3-4-9(5-11(8)13)12(16)14-6-10(15)7-17-2/h3-5,10,15H,6-7H2,1-2H3,(H,14,16). The minimum atomic E-state index is -0.765. The van der Waals surface area contributed by atoms with Crippen LogP contribution in [0, 0.1) is 12.7 Å². The lowest BCUT2D eigenvalue weighted by molar-refractivity contribution is 0.0609. The quantitative estimate of drug-likeness (QED) is 0.804. The molecule has 2 N–H and O–H groups in total. The number of nitrogens with one attached hydrogen (secondary N) is 1. The number of carbonyl (C=O) groups is 1. The van der Waals surface area contributed by atoms with E-state index in [1.165, 1.54) is 25.3 Å². The van der Waals surface area contributed by atoms with Crippen molar-refractivity contribution in [2.75, 3.05) is 20.3 Å². The van der Waals surface area contributed by atoms with Gasteiger partial charge in [-0.1, -0.05) is 6.07 Å². The minimum absolute atomic E-state index is 0.0716. The van der Waals surface area contributed by atoms with Gasteiger partial charge in [0.05, 0.1) is 12.7 Å². The molecule has 0 saturated carbocycles. The highest BCUT2D eigenvalue weighted by molar-refractivity contribution is 5.94. The fourth-order valence-corrected chi connectivity index (χ4v) is 1.30. The number of halogens is 1. The van der Waals surface area contributed by atoms with Crippen LogP contribution >= 0.6 is 0 Å². The zero-order valence-corrected chi connectivity index (χ0v) is 9.87. The van der Waals surface area contributed by atoms with Gasteiger partial charge >= 0.3 is 0 Å². The van der Waals surface area contributed by atoms with Gasteiger partial charge in [0.25, 0.3) is 5.91 Å². The van der Waals surface area contributed by atoms with Gasteiger partial charge in [0, 0.05) is 19.2 Å². The zero-order valence-electron chi connectivity index (χ0n) is 9.87. The Labute approximate surface area is 99.4 Å². The van der Waals surface area contributed by atoms with Crippen molar-refractivity contribution in [1.82, 2.24) is 5.32 Å². The molecule has 4 nitrogen and oxygen atoms in total. The third-order valence-corrected chi connectivity index (χ3v) is 2.29. The van der Waals surface area contributed by atoms with Crippen LogP contribution in [0.25, 0.3) is 0 Å². The molecule has 0 fully saturated rings.